The van der Waals surface area contributed by atoms with Crippen molar-refractivity contribution < 1.29 is 33.8 Å². The minimum Gasteiger partial charge on any atom is -0.387 e. The van der Waals surface area contributed by atoms with E-state index in [-0.39, 0.29) is 5.95 Å². The minimum atomic E-state index is -4.73. The number of nitrogen functional groups attached to an aromatic ring is 1. The lowest BCUT2D eigenvalue weighted by molar-refractivity contribution is -0.0503. The van der Waals surface area contributed by atoms with E-state index in [0.29, 0.717) is 16.9 Å². The first kappa shape index (κ1) is 17.2. The van der Waals surface area contributed by atoms with Crippen LogP contribution >= 0.6 is 7.82 Å². The van der Waals surface area contributed by atoms with Gasteiger partial charge in [-0.1, -0.05) is 0 Å². The van der Waals surface area contributed by atoms with Crippen molar-refractivity contribution in [1.29, 1.82) is 0 Å². The van der Waals surface area contributed by atoms with E-state index in [1.54, 1.807) is 6.92 Å². The van der Waals surface area contributed by atoms with E-state index in [1.165, 1.54) is 10.9 Å². The van der Waals surface area contributed by atoms with Gasteiger partial charge in [0.1, 0.15) is 23.8 Å². The van der Waals surface area contributed by atoms with Gasteiger partial charge in [0.25, 0.3) is 0 Å². The van der Waals surface area contributed by atoms with E-state index in [1.807, 2.05) is 0 Å². The maximum absolute atomic E-state index is 10.8. The fourth-order valence-corrected chi connectivity index (χ4v) is 2.87. The van der Waals surface area contributed by atoms with Gasteiger partial charge in [0.15, 0.2) is 11.9 Å². The number of phosphoric ester groups is 1. The Morgan fingerprint density at radius 2 is 2.08 bits per heavy atom. The topological polar surface area (TPSA) is 186 Å². The van der Waals surface area contributed by atoms with Crippen LogP contribution in [0.4, 0.5) is 5.95 Å². The van der Waals surface area contributed by atoms with Crippen molar-refractivity contribution in [2.45, 2.75) is 31.5 Å². The summed E-state index contributed by atoms with van der Waals surface area (Å²) in [5.74, 6) is 0.0103. The molecule has 0 spiro atoms. The van der Waals surface area contributed by atoms with Crippen LogP contribution in [-0.4, -0.2) is 64.4 Å². The molecule has 0 radical (unpaired) electrons. The number of rotatable bonds is 4. The third-order valence-electron chi connectivity index (χ3n) is 3.63. The third-order valence-corrected chi connectivity index (χ3v) is 4.12. The lowest BCUT2D eigenvalue weighted by Crippen LogP contribution is -2.33. The monoisotopic (exact) mass is 361 g/mol. The van der Waals surface area contributed by atoms with Gasteiger partial charge >= 0.3 is 7.82 Å². The number of nitrogens with two attached hydrogens (primary N) is 1. The summed E-state index contributed by atoms with van der Waals surface area (Å²) in [4.78, 5) is 29.6. The number of ether oxygens (including phenoxy) is 1. The Morgan fingerprint density at radius 3 is 2.75 bits per heavy atom. The molecule has 0 amide bonds. The molecule has 0 bridgehead atoms. The number of aromatic nitrogens is 4. The van der Waals surface area contributed by atoms with E-state index in [2.05, 4.69) is 19.5 Å². The lowest BCUT2D eigenvalue weighted by Gasteiger charge is -2.16. The van der Waals surface area contributed by atoms with Crippen LogP contribution in [0.25, 0.3) is 11.2 Å². The van der Waals surface area contributed by atoms with Crippen LogP contribution in [0.2, 0.25) is 0 Å². The predicted octanol–water partition coefficient (Wildman–Crippen LogP) is -1.55. The Bertz CT molecular complexity index is 807. The zero-order valence-corrected chi connectivity index (χ0v) is 13.3. The van der Waals surface area contributed by atoms with Crippen LogP contribution in [0.5, 0.6) is 0 Å². The molecule has 3 rings (SSSR count). The normalized spacial score (nSPS) is 27.9. The van der Waals surface area contributed by atoms with Crippen LogP contribution in [0.15, 0.2) is 6.33 Å². The number of aliphatic hydroxyl groups excluding tert-OH is 2. The molecule has 0 aromatic carbocycles. The van der Waals surface area contributed by atoms with Gasteiger partial charge in [0, 0.05) is 0 Å². The van der Waals surface area contributed by atoms with Gasteiger partial charge in [-0.2, -0.15) is 4.98 Å². The van der Waals surface area contributed by atoms with E-state index in [4.69, 9.17) is 20.3 Å². The molecule has 0 unspecified atom stereocenters. The number of nitrogens with zero attached hydrogens (tertiary/aromatic N) is 4. The summed E-state index contributed by atoms with van der Waals surface area (Å²) >= 11 is 0. The van der Waals surface area contributed by atoms with Crippen LogP contribution in [0, 0.1) is 6.92 Å². The number of hydrogen-bond acceptors (Lipinski definition) is 9. The zero-order valence-electron chi connectivity index (χ0n) is 12.4. The number of hydrogen-bond donors (Lipinski definition) is 5. The number of phosphoric acid groups is 1. The van der Waals surface area contributed by atoms with Crippen molar-refractivity contribution in [2.75, 3.05) is 12.3 Å². The Kier molecular flexibility index (Phi) is 4.30. The van der Waals surface area contributed by atoms with Crippen LogP contribution in [0.1, 0.15) is 11.9 Å². The molecule has 1 aliphatic rings. The molecule has 24 heavy (non-hydrogen) atoms. The molecule has 132 valence electrons. The first-order chi connectivity index (χ1) is 11.2. The quantitative estimate of drug-likeness (QED) is 0.397. The summed E-state index contributed by atoms with van der Waals surface area (Å²) in [6.45, 7) is 1.09. The summed E-state index contributed by atoms with van der Waals surface area (Å²) in [7, 11) is -4.73. The molecule has 2 aromatic heterocycles. The van der Waals surface area contributed by atoms with E-state index in [0.717, 1.165) is 0 Å². The van der Waals surface area contributed by atoms with E-state index < -0.39 is 39.0 Å². The van der Waals surface area contributed by atoms with Crippen molar-refractivity contribution >= 4 is 24.9 Å². The van der Waals surface area contributed by atoms with Crippen molar-refractivity contribution in [1.82, 2.24) is 19.5 Å². The lowest BCUT2D eigenvalue weighted by atomic mass is 10.1. The Hall–Kier alpha value is -1.66. The Balaban J connectivity index is 1.89. The molecule has 4 atom stereocenters. The SMILES string of the molecule is Cc1nc(N)nc2c1ncn2[C@@H]1O[C@H](COP(=O)(O)O)[C@@H](O)[C@H]1O. The number of anilines is 1. The van der Waals surface area contributed by atoms with Gasteiger partial charge in [0.2, 0.25) is 5.95 Å². The highest BCUT2D eigenvalue weighted by molar-refractivity contribution is 7.46. The molecule has 1 aliphatic heterocycles. The molecule has 1 saturated heterocycles. The molecule has 0 saturated carbocycles. The van der Waals surface area contributed by atoms with Gasteiger partial charge in [-0.15, -0.1) is 0 Å². The zero-order chi connectivity index (χ0) is 17.6. The molecular formula is C11H16N5O7P. The molecule has 2 aromatic rings. The molecule has 6 N–H and O–H groups in total. The molecule has 3 heterocycles. The smallest absolute Gasteiger partial charge is 0.387 e. The van der Waals surface area contributed by atoms with Crippen molar-refractivity contribution in [2.24, 2.45) is 0 Å². The van der Waals surface area contributed by atoms with Gasteiger partial charge in [-0.3, -0.25) is 9.09 Å². The second-order valence-electron chi connectivity index (χ2n) is 5.32. The van der Waals surface area contributed by atoms with E-state index >= 15 is 0 Å². The fourth-order valence-electron chi connectivity index (χ4n) is 2.53. The highest BCUT2D eigenvalue weighted by atomic mass is 31.2. The summed E-state index contributed by atoms with van der Waals surface area (Å²) in [6, 6.07) is 0. The molecule has 1 fully saturated rings. The summed E-state index contributed by atoms with van der Waals surface area (Å²) in [5, 5.41) is 20.2. The summed E-state index contributed by atoms with van der Waals surface area (Å²) in [6.07, 6.45) is -3.68. The van der Waals surface area contributed by atoms with Gasteiger partial charge in [-0.05, 0) is 6.92 Å². The van der Waals surface area contributed by atoms with Crippen molar-refractivity contribution in [3.05, 3.63) is 12.0 Å². The highest BCUT2D eigenvalue weighted by Crippen LogP contribution is 2.38. The Labute approximate surface area is 135 Å². The summed E-state index contributed by atoms with van der Waals surface area (Å²) < 4.78 is 21.9. The van der Waals surface area contributed by atoms with Gasteiger partial charge in [-0.25, -0.2) is 14.5 Å². The standard InChI is InChI=1S/C11H16N5O7P/c1-4-6-9(15-11(12)14-4)16(3-13-6)10-8(18)7(17)5(23-10)2-22-24(19,20)21/h3,5,7-8,10,17-18H,2H2,1H3,(H2,12,14,15)(H2,19,20,21)/t5-,7-,8-,10-/m1/s1. The number of fused-ring (bicyclic) bond motifs is 1. The molecule has 12 nitrogen and oxygen atoms in total. The van der Waals surface area contributed by atoms with Crippen molar-refractivity contribution in [3.63, 3.8) is 0 Å². The predicted molar refractivity (Wildman–Crippen MR) is 78.4 cm³/mol. The van der Waals surface area contributed by atoms with Crippen molar-refractivity contribution in [3.8, 4) is 0 Å². The molecule has 0 aliphatic carbocycles. The second kappa shape index (κ2) is 6.01. The average molecular weight is 361 g/mol. The minimum absolute atomic E-state index is 0.0103. The molecular weight excluding hydrogens is 345 g/mol. The van der Waals surface area contributed by atoms with Gasteiger partial charge < -0.3 is 30.5 Å². The largest absolute Gasteiger partial charge is 0.469 e. The first-order valence-corrected chi connectivity index (χ1v) is 8.39. The Morgan fingerprint density at radius 1 is 1.38 bits per heavy atom. The van der Waals surface area contributed by atoms with Crippen LogP contribution < -0.4 is 5.73 Å². The summed E-state index contributed by atoms with van der Waals surface area (Å²) in [5.41, 5.74) is 6.89. The highest BCUT2D eigenvalue weighted by Gasteiger charge is 2.45. The first-order valence-electron chi connectivity index (χ1n) is 6.85. The number of aryl methyl sites for hydroxylation is 1. The fraction of sp³-hybridized carbons (Fsp3) is 0.545. The second-order valence-corrected chi connectivity index (χ2v) is 6.56. The third kappa shape index (κ3) is 3.13. The maximum atomic E-state index is 10.8. The molecule has 13 heteroatoms. The van der Waals surface area contributed by atoms with E-state index in [9.17, 15) is 14.8 Å². The number of aliphatic hydroxyl groups is 2. The average Bonchev–Trinajstić information content (AvgIpc) is 3.00. The van der Waals surface area contributed by atoms with Crippen LogP contribution in [-0.2, 0) is 13.8 Å². The number of imidazole rings is 1. The van der Waals surface area contributed by atoms with Crippen LogP contribution in [0.3, 0.4) is 0 Å². The maximum Gasteiger partial charge on any atom is 0.469 e. The van der Waals surface area contributed by atoms with Gasteiger partial charge in [0.05, 0.1) is 18.6 Å².